The number of ether oxygens (including phenoxy) is 4. The summed E-state index contributed by atoms with van der Waals surface area (Å²) in [5.41, 5.74) is 2.26. The van der Waals surface area contributed by atoms with Crippen LogP contribution in [0.5, 0.6) is 34.5 Å². The number of benzene rings is 3. The van der Waals surface area contributed by atoms with E-state index >= 15 is 0 Å². The van der Waals surface area contributed by atoms with Gasteiger partial charge in [-0.25, -0.2) is 0 Å². The molecule has 3 aliphatic heterocycles. The predicted molar refractivity (Wildman–Crippen MR) is 125 cm³/mol. The van der Waals surface area contributed by atoms with Crippen molar-refractivity contribution in [2.45, 2.75) is 24.4 Å². The number of phenols is 4. The van der Waals surface area contributed by atoms with Gasteiger partial charge in [0.25, 0.3) is 0 Å². The van der Waals surface area contributed by atoms with Crippen molar-refractivity contribution in [1.29, 1.82) is 0 Å². The second-order valence-electron chi connectivity index (χ2n) is 9.42. The first-order valence-corrected chi connectivity index (χ1v) is 11.8. The van der Waals surface area contributed by atoms with Crippen molar-refractivity contribution < 1.29 is 44.5 Å². The molecule has 0 saturated carbocycles. The van der Waals surface area contributed by atoms with Crippen LogP contribution in [0.1, 0.15) is 35.0 Å². The molecule has 3 heterocycles. The SMILES string of the molecule is OC[C@H]1Oc2cc([C@H]3OC[C@H]4[C@@H]3CO[C@@H]4c3ccc(O)c(O)c3)ccc2O[C@@H]1c1ccc(O)c(O)c1. The summed E-state index contributed by atoms with van der Waals surface area (Å²) in [7, 11) is 0. The average Bonchev–Trinajstić information content (AvgIpc) is 3.49. The summed E-state index contributed by atoms with van der Waals surface area (Å²) in [4.78, 5) is 0. The van der Waals surface area contributed by atoms with Crippen LogP contribution in [0.3, 0.4) is 0 Å². The van der Waals surface area contributed by atoms with Crippen LogP contribution in [0.15, 0.2) is 54.6 Å². The quantitative estimate of drug-likeness (QED) is 0.345. The van der Waals surface area contributed by atoms with Crippen LogP contribution in [0.25, 0.3) is 0 Å². The lowest BCUT2D eigenvalue weighted by Crippen LogP contribution is -2.36. The van der Waals surface area contributed by atoms with Crippen molar-refractivity contribution in [2.24, 2.45) is 11.8 Å². The second-order valence-corrected chi connectivity index (χ2v) is 9.42. The molecule has 6 atom stereocenters. The van der Waals surface area contributed by atoms with E-state index in [1.54, 1.807) is 18.2 Å². The van der Waals surface area contributed by atoms with Crippen LogP contribution >= 0.6 is 0 Å². The smallest absolute Gasteiger partial charge is 0.163 e. The highest BCUT2D eigenvalue weighted by molar-refractivity contribution is 5.48. The van der Waals surface area contributed by atoms with Gasteiger partial charge in [0.15, 0.2) is 46.7 Å². The van der Waals surface area contributed by atoms with Gasteiger partial charge in [-0.05, 0) is 47.5 Å². The first-order valence-electron chi connectivity index (χ1n) is 11.8. The van der Waals surface area contributed by atoms with E-state index in [4.69, 9.17) is 18.9 Å². The Hall–Kier alpha value is -3.66. The molecule has 188 valence electrons. The predicted octanol–water partition coefficient (Wildman–Crippen LogP) is 3.46. The highest BCUT2D eigenvalue weighted by Gasteiger charge is 2.48. The summed E-state index contributed by atoms with van der Waals surface area (Å²) in [5, 5.41) is 49.0. The van der Waals surface area contributed by atoms with Crippen molar-refractivity contribution in [3.8, 4) is 34.5 Å². The standard InChI is InChI=1S/C27H26O9/c28-10-24-27(14-2-5-19(30)21(32)8-14)36-22-6-3-15(9-23(22)35-24)26-17-12-33-25(16(17)11-34-26)13-1-4-18(29)20(31)7-13/h1-9,16-17,24-32H,10-12H2/t16-,17-,24+,25+,26+,27+/m0/s1. The molecule has 3 aliphatic rings. The summed E-state index contributed by atoms with van der Waals surface area (Å²) in [6, 6.07) is 14.7. The molecule has 0 aliphatic carbocycles. The average molecular weight is 494 g/mol. The summed E-state index contributed by atoms with van der Waals surface area (Å²) >= 11 is 0. The van der Waals surface area contributed by atoms with Crippen molar-refractivity contribution in [1.82, 2.24) is 0 Å². The number of phenolic OH excluding ortho intramolecular Hbond substituents is 4. The largest absolute Gasteiger partial charge is 0.504 e. The van der Waals surface area contributed by atoms with Crippen molar-refractivity contribution in [2.75, 3.05) is 19.8 Å². The van der Waals surface area contributed by atoms with Gasteiger partial charge in [0.05, 0.1) is 32.0 Å². The molecule has 2 fully saturated rings. The molecule has 0 bridgehead atoms. The van der Waals surface area contributed by atoms with Crippen molar-refractivity contribution >= 4 is 0 Å². The maximum Gasteiger partial charge on any atom is 0.163 e. The van der Waals surface area contributed by atoms with E-state index in [1.165, 1.54) is 24.3 Å². The lowest BCUT2D eigenvalue weighted by Gasteiger charge is -2.34. The van der Waals surface area contributed by atoms with E-state index < -0.39 is 12.2 Å². The summed E-state index contributed by atoms with van der Waals surface area (Å²) in [5.74, 6) is 0.292. The summed E-state index contributed by atoms with van der Waals surface area (Å²) in [6.45, 7) is 0.666. The Balaban J connectivity index is 1.23. The van der Waals surface area contributed by atoms with Crippen molar-refractivity contribution in [3.63, 3.8) is 0 Å². The number of hydrogen-bond donors (Lipinski definition) is 5. The van der Waals surface area contributed by atoms with Gasteiger partial charge >= 0.3 is 0 Å². The fraction of sp³-hybridized carbons (Fsp3) is 0.333. The molecule has 3 aromatic carbocycles. The Bertz CT molecular complexity index is 1290. The molecule has 3 aromatic rings. The second kappa shape index (κ2) is 8.77. The number of aliphatic hydroxyl groups is 1. The van der Waals surface area contributed by atoms with Gasteiger partial charge in [0, 0.05) is 17.4 Å². The van der Waals surface area contributed by atoms with Gasteiger partial charge in [-0.15, -0.1) is 0 Å². The van der Waals surface area contributed by atoms with Crippen LogP contribution < -0.4 is 9.47 Å². The van der Waals surface area contributed by atoms with Gasteiger partial charge in [0.1, 0.15) is 0 Å². The molecule has 0 amide bonds. The zero-order valence-electron chi connectivity index (χ0n) is 19.2. The zero-order valence-corrected chi connectivity index (χ0v) is 19.2. The zero-order chi connectivity index (χ0) is 25.0. The third kappa shape index (κ3) is 3.76. The van der Waals surface area contributed by atoms with E-state index in [2.05, 4.69) is 0 Å². The Morgan fingerprint density at radius 3 is 1.67 bits per heavy atom. The molecule has 2 saturated heterocycles. The lowest BCUT2D eigenvalue weighted by atomic mass is 9.85. The number of rotatable bonds is 4. The van der Waals surface area contributed by atoms with Gasteiger partial charge in [0.2, 0.25) is 0 Å². The minimum atomic E-state index is -0.713. The summed E-state index contributed by atoms with van der Waals surface area (Å²) in [6.07, 6.45) is -1.85. The Labute approximate surface area is 206 Å². The molecule has 0 radical (unpaired) electrons. The topological polar surface area (TPSA) is 138 Å². The van der Waals surface area contributed by atoms with Crippen LogP contribution in [-0.2, 0) is 9.47 Å². The molecule has 0 aromatic heterocycles. The molecular formula is C27H26O9. The van der Waals surface area contributed by atoms with Crippen LogP contribution in [0.2, 0.25) is 0 Å². The molecule has 36 heavy (non-hydrogen) atoms. The normalized spacial score (nSPS) is 28.7. The molecule has 0 unspecified atom stereocenters. The fourth-order valence-electron chi connectivity index (χ4n) is 5.41. The minimum Gasteiger partial charge on any atom is -0.504 e. The highest BCUT2D eigenvalue weighted by atomic mass is 16.6. The minimum absolute atomic E-state index is 0.0869. The lowest BCUT2D eigenvalue weighted by molar-refractivity contribution is -0.0130. The van der Waals surface area contributed by atoms with Crippen LogP contribution in [0, 0.1) is 11.8 Å². The Kier molecular flexibility index (Phi) is 5.55. The first-order chi connectivity index (χ1) is 17.4. The molecule has 0 spiro atoms. The molecule has 5 N–H and O–H groups in total. The third-order valence-corrected chi connectivity index (χ3v) is 7.27. The van der Waals surface area contributed by atoms with E-state index in [9.17, 15) is 25.5 Å². The van der Waals surface area contributed by atoms with E-state index in [-0.39, 0.29) is 53.6 Å². The van der Waals surface area contributed by atoms with E-state index in [0.29, 0.717) is 30.3 Å². The van der Waals surface area contributed by atoms with Crippen LogP contribution in [0.4, 0.5) is 0 Å². The highest BCUT2D eigenvalue weighted by Crippen LogP contribution is 2.52. The fourth-order valence-corrected chi connectivity index (χ4v) is 5.41. The molecule has 9 nitrogen and oxygen atoms in total. The van der Waals surface area contributed by atoms with Gasteiger partial charge in [-0.3, -0.25) is 0 Å². The molecular weight excluding hydrogens is 468 g/mol. The van der Waals surface area contributed by atoms with E-state index in [1.807, 2.05) is 12.1 Å². The third-order valence-electron chi connectivity index (χ3n) is 7.27. The number of aromatic hydroxyl groups is 4. The maximum absolute atomic E-state index is 9.96. The Morgan fingerprint density at radius 2 is 1.11 bits per heavy atom. The van der Waals surface area contributed by atoms with Crippen molar-refractivity contribution in [3.05, 3.63) is 71.3 Å². The van der Waals surface area contributed by atoms with Crippen LogP contribution in [-0.4, -0.2) is 51.5 Å². The van der Waals surface area contributed by atoms with Gasteiger partial charge < -0.3 is 44.5 Å². The number of fused-ring (bicyclic) bond motifs is 2. The maximum atomic E-state index is 9.96. The first kappa shape index (κ1) is 22.8. The monoisotopic (exact) mass is 494 g/mol. The van der Waals surface area contributed by atoms with Gasteiger partial charge in [-0.2, -0.15) is 0 Å². The molecule has 9 heteroatoms. The summed E-state index contributed by atoms with van der Waals surface area (Å²) < 4.78 is 24.5. The molecule has 6 rings (SSSR count). The number of hydrogen-bond acceptors (Lipinski definition) is 9. The van der Waals surface area contributed by atoms with E-state index in [0.717, 1.165) is 11.1 Å². The Morgan fingerprint density at radius 1 is 0.583 bits per heavy atom. The number of aliphatic hydroxyl groups excluding tert-OH is 1. The van der Waals surface area contributed by atoms with Gasteiger partial charge in [-0.1, -0.05) is 18.2 Å².